The molecule has 0 unspecified atom stereocenters. The Morgan fingerprint density at radius 3 is 1.39 bits per heavy atom. The normalized spacial score (nSPS) is 20.2. The van der Waals surface area contributed by atoms with Crippen LogP contribution >= 0.6 is 0 Å². The number of ketones is 1. The second kappa shape index (κ2) is 7.74. The van der Waals surface area contributed by atoms with Crippen LogP contribution in [0.1, 0.15) is 65.3 Å². The Balaban J connectivity index is 2.02. The van der Waals surface area contributed by atoms with Gasteiger partial charge in [0, 0.05) is 11.1 Å². The zero-order chi connectivity index (χ0) is 20.6. The molecule has 2 heterocycles. The van der Waals surface area contributed by atoms with E-state index in [1.54, 1.807) is 0 Å². The van der Waals surface area contributed by atoms with Gasteiger partial charge in [0.2, 0.25) is 0 Å². The summed E-state index contributed by atoms with van der Waals surface area (Å²) in [6.07, 6.45) is 5.34. The summed E-state index contributed by atoms with van der Waals surface area (Å²) in [5.41, 5.74) is 8.48. The topological polar surface area (TPSA) is 68.6 Å². The third kappa shape index (κ3) is 4.08. The van der Waals surface area contributed by atoms with Crippen LogP contribution in [0.15, 0.2) is 11.1 Å². The van der Waals surface area contributed by atoms with E-state index in [4.69, 9.17) is 0 Å². The fourth-order valence-electron chi connectivity index (χ4n) is 3.53. The van der Waals surface area contributed by atoms with Gasteiger partial charge in [0.1, 0.15) is 0 Å². The molecule has 3 rings (SSSR count). The summed E-state index contributed by atoms with van der Waals surface area (Å²) in [4.78, 5) is 31.5. The van der Waals surface area contributed by atoms with Gasteiger partial charge in [-0.15, -0.1) is 0 Å². The lowest BCUT2D eigenvalue weighted by molar-refractivity contribution is -0.113. The lowest BCUT2D eigenvalue weighted by Crippen LogP contribution is -2.18. The molecule has 5 heteroatoms. The molecule has 0 atom stereocenters. The molecule has 2 aromatic rings. The van der Waals surface area contributed by atoms with Crippen molar-refractivity contribution < 1.29 is 4.79 Å². The number of hydrogen-bond donors (Lipinski definition) is 0. The molecular formula is C23H28N4O. The molecule has 5 nitrogen and oxygen atoms in total. The van der Waals surface area contributed by atoms with Crippen molar-refractivity contribution in [1.82, 2.24) is 19.9 Å². The first-order valence-electron chi connectivity index (χ1n) is 9.75. The van der Waals surface area contributed by atoms with Crippen molar-refractivity contribution in [3.63, 3.8) is 0 Å². The average molecular weight is 377 g/mol. The van der Waals surface area contributed by atoms with Crippen molar-refractivity contribution in [2.24, 2.45) is 5.92 Å². The van der Waals surface area contributed by atoms with Crippen LogP contribution in [-0.2, 0) is 4.79 Å². The average Bonchev–Trinajstić information content (AvgIpc) is 2.61. The van der Waals surface area contributed by atoms with E-state index < -0.39 is 0 Å². The van der Waals surface area contributed by atoms with Crippen molar-refractivity contribution in [2.45, 2.75) is 61.3 Å². The number of rotatable bonds is 2. The largest absolute Gasteiger partial charge is 0.289 e. The summed E-state index contributed by atoms with van der Waals surface area (Å²) < 4.78 is 0. The second-order valence-electron chi connectivity index (χ2n) is 7.91. The summed E-state index contributed by atoms with van der Waals surface area (Å²) in [6.45, 7) is 13.8. The van der Waals surface area contributed by atoms with E-state index in [1.807, 2.05) is 53.7 Å². The molecule has 0 radical (unpaired) electrons. The SMILES string of the molecule is Cc1nc(C)c(/C=C2\CC(C)C/C(=C\c3nc(C)c(C)nc3C)C2=O)nc1C. The van der Waals surface area contributed by atoms with Gasteiger partial charge < -0.3 is 0 Å². The monoisotopic (exact) mass is 376 g/mol. The summed E-state index contributed by atoms with van der Waals surface area (Å²) in [6, 6.07) is 0. The number of Topliss-reactive ketones (excluding diaryl/α,β-unsaturated/α-hetero) is 1. The van der Waals surface area contributed by atoms with E-state index in [1.165, 1.54) is 0 Å². The number of aromatic nitrogens is 4. The van der Waals surface area contributed by atoms with Crippen LogP contribution in [0.4, 0.5) is 0 Å². The Labute approximate surface area is 167 Å². The molecule has 0 N–H and O–H groups in total. The number of carbonyl (C=O) groups is 1. The minimum atomic E-state index is 0.0805. The van der Waals surface area contributed by atoms with Crippen LogP contribution in [0, 0.1) is 47.5 Å². The molecule has 0 amide bonds. The van der Waals surface area contributed by atoms with E-state index in [9.17, 15) is 4.79 Å². The molecule has 0 spiro atoms. The van der Waals surface area contributed by atoms with Crippen molar-refractivity contribution in [3.8, 4) is 0 Å². The minimum Gasteiger partial charge on any atom is -0.289 e. The summed E-state index contributed by atoms with van der Waals surface area (Å²) >= 11 is 0. The fourth-order valence-corrected chi connectivity index (χ4v) is 3.53. The Morgan fingerprint density at radius 2 is 1.00 bits per heavy atom. The van der Waals surface area contributed by atoms with Gasteiger partial charge >= 0.3 is 0 Å². The predicted molar refractivity (Wildman–Crippen MR) is 112 cm³/mol. The number of aryl methyl sites for hydroxylation is 6. The molecule has 0 bridgehead atoms. The first kappa shape index (κ1) is 20.1. The molecule has 1 saturated carbocycles. The molecule has 0 aromatic carbocycles. The smallest absolute Gasteiger partial charge is 0.185 e. The maximum Gasteiger partial charge on any atom is 0.185 e. The van der Waals surface area contributed by atoms with E-state index in [0.29, 0.717) is 5.92 Å². The molecule has 146 valence electrons. The van der Waals surface area contributed by atoms with Gasteiger partial charge in [-0.25, -0.2) is 9.97 Å². The number of hydrogen-bond acceptors (Lipinski definition) is 5. The Bertz CT molecular complexity index is 938. The predicted octanol–water partition coefficient (Wildman–Crippen LogP) is 4.58. The van der Waals surface area contributed by atoms with Gasteiger partial charge in [-0.3, -0.25) is 14.8 Å². The van der Waals surface area contributed by atoms with Gasteiger partial charge in [-0.05, 0) is 72.5 Å². The molecule has 1 aliphatic rings. The van der Waals surface area contributed by atoms with Gasteiger partial charge in [0.05, 0.1) is 45.6 Å². The Hall–Kier alpha value is -2.69. The van der Waals surface area contributed by atoms with E-state index in [2.05, 4.69) is 26.9 Å². The van der Waals surface area contributed by atoms with Gasteiger partial charge in [0.15, 0.2) is 5.78 Å². The van der Waals surface area contributed by atoms with Gasteiger partial charge in [-0.2, -0.15) is 0 Å². The zero-order valence-corrected chi connectivity index (χ0v) is 17.8. The highest BCUT2D eigenvalue weighted by Crippen LogP contribution is 2.32. The summed E-state index contributed by atoms with van der Waals surface area (Å²) in [5, 5.41) is 0. The van der Waals surface area contributed by atoms with Crippen molar-refractivity contribution >= 4 is 17.9 Å². The molecular weight excluding hydrogens is 348 g/mol. The quantitative estimate of drug-likeness (QED) is 0.718. The van der Waals surface area contributed by atoms with Crippen LogP contribution in [0.3, 0.4) is 0 Å². The summed E-state index contributed by atoms with van der Waals surface area (Å²) in [7, 11) is 0. The molecule has 2 aromatic heterocycles. The lowest BCUT2D eigenvalue weighted by Gasteiger charge is -2.23. The lowest BCUT2D eigenvalue weighted by atomic mass is 9.81. The number of allylic oxidation sites excluding steroid dienone is 2. The number of carbonyl (C=O) groups excluding carboxylic acids is 1. The Morgan fingerprint density at radius 1 is 0.643 bits per heavy atom. The first-order valence-corrected chi connectivity index (χ1v) is 9.75. The van der Waals surface area contributed by atoms with Crippen LogP contribution < -0.4 is 0 Å². The molecule has 0 saturated heterocycles. The summed E-state index contributed by atoms with van der Waals surface area (Å²) in [5.74, 6) is 0.465. The molecule has 1 aliphatic carbocycles. The molecule has 28 heavy (non-hydrogen) atoms. The maximum atomic E-state index is 13.2. The molecule has 0 aliphatic heterocycles. The van der Waals surface area contributed by atoms with Crippen LogP contribution in [0.5, 0.6) is 0 Å². The van der Waals surface area contributed by atoms with Crippen LogP contribution in [-0.4, -0.2) is 25.7 Å². The highest BCUT2D eigenvalue weighted by atomic mass is 16.1. The molecule has 1 fully saturated rings. The fraction of sp³-hybridized carbons (Fsp3) is 0.435. The van der Waals surface area contributed by atoms with Crippen molar-refractivity contribution in [3.05, 3.63) is 56.7 Å². The number of nitrogens with zero attached hydrogens (tertiary/aromatic N) is 4. The van der Waals surface area contributed by atoms with E-state index in [-0.39, 0.29) is 5.78 Å². The van der Waals surface area contributed by atoms with E-state index >= 15 is 0 Å². The second-order valence-corrected chi connectivity index (χ2v) is 7.91. The highest BCUT2D eigenvalue weighted by Gasteiger charge is 2.26. The Kier molecular flexibility index (Phi) is 5.54. The third-order valence-electron chi connectivity index (χ3n) is 5.38. The van der Waals surface area contributed by atoms with Crippen LogP contribution in [0.25, 0.3) is 12.2 Å². The maximum absolute atomic E-state index is 13.2. The zero-order valence-electron chi connectivity index (χ0n) is 17.8. The standard InChI is InChI=1S/C23H28N4O/c1-12-8-19(10-21-17(6)24-13(2)15(4)26-21)23(28)20(9-12)11-22-18(7)25-14(3)16(5)27-22/h10-12H,8-9H2,1-7H3/b19-10+,20-11+. The van der Waals surface area contributed by atoms with Gasteiger partial charge in [-0.1, -0.05) is 6.92 Å². The first-order chi connectivity index (χ1) is 13.2. The van der Waals surface area contributed by atoms with Crippen molar-refractivity contribution in [1.29, 1.82) is 0 Å². The van der Waals surface area contributed by atoms with Crippen LogP contribution in [0.2, 0.25) is 0 Å². The van der Waals surface area contributed by atoms with E-state index in [0.717, 1.165) is 69.5 Å². The minimum absolute atomic E-state index is 0.0805. The van der Waals surface area contributed by atoms with Gasteiger partial charge in [0.25, 0.3) is 0 Å². The highest BCUT2D eigenvalue weighted by molar-refractivity contribution is 6.14. The third-order valence-corrected chi connectivity index (χ3v) is 5.38. The van der Waals surface area contributed by atoms with Crippen molar-refractivity contribution in [2.75, 3.05) is 0 Å².